The number of anilines is 1. The standard InChI is InChI=1S/C21H21N3O2S2/c1-13-5-7-16(8-6-13)24-19(25)10-17(20(24)18-4-3-9-27-18)21(26)22-11-15-12-28-14(2)23-15/h3-9,12,17,20H,10-11H2,1-2H3,(H,22,26). The van der Waals surface area contributed by atoms with E-state index in [0.29, 0.717) is 6.54 Å². The van der Waals surface area contributed by atoms with E-state index in [2.05, 4.69) is 10.3 Å². The number of hydrogen-bond acceptors (Lipinski definition) is 5. The molecule has 5 nitrogen and oxygen atoms in total. The van der Waals surface area contributed by atoms with Crippen molar-refractivity contribution < 1.29 is 9.59 Å². The Morgan fingerprint density at radius 1 is 1.21 bits per heavy atom. The molecule has 0 radical (unpaired) electrons. The molecule has 2 amide bonds. The molecule has 1 saturated heterocycles. The molecular weight excluding hydrogens is 390 g/mol. The van der Waals surface area contributed by atoms with Crippen LogP contribution in [0.25, 0.3) is 0 Å². The van der Waals surface area contributed by atoms with Gasteiger partial charge in [-0.15, -0.1) is 22.7 Å². The Bertz CT molecular complexity index is 980. The van der Waals surface area contributed by atoms with Gasteiger partial charge in [0.2, 0.25) is 11.8 Å². The fourth-order valence-electron chi connectivity index (χ4n) is 3.56. The van der Waals surface area contributed by atoms with Crippen LogP contribution >= 0.6 is 22.7 Å². The zero-order valence-electron chi connectivity index (χ0n) is 15.7. The Balaban J connectivity index is 1.60. The Labute approximate surface area is 172 Å². The second kappa shape index (κ2) is 7.85. The van der Waals surface area contributed by atoms with E-state index in [-0.39, 0.29) is 24.3 Å². The number of carbonyl (C=O) groups is 2. The van der Waals surface area contributed by atoms with Crippen LogP contribution in [0.5, 0.6) is 0 Å². The number of nitrogens with one attached hydrogen (secondary N) is 1. The monoisotopic (exact) mass is 411 g/mol. The van der Waals surface area contributed by atoms with E-state index in [1.54, 1.807) is 27.6 Å². The van der Waals surface area contributed by atoms with Crippen LogP contribution in [0.15, 0.2) is 47.2 Å². The van der Waals surface area contributed by atoms with E-state index >= 15 is 0 Å². The maximum Gasteiger partial charge on any atom is 0.228 e. The molecule has 1 fully saturated rings. The predicted molar refractivity (Wildman–Crippen MR) is 113 cm³/mol. The van der Waals surface area contributed by atoms with Crippen molar-refractivity contribution in [2.75, 3.05) is 4.90 Å². The van der Waals surface area contributed by atoms with Gasteiger partial charge in [0.05, 0.1) is 29.2 Å². The highest BCUT2D eigenvalue weighted by Gasteiger charge is 2.45. The van der Waals surface area contributed by atoms with Crippen molar-refractivity contribution in [1.29, 1.82) is 0 Å². The predicted octanol–water partition coefficient (Wildman–Crippen LogP) is 4.23. The molecule has 1 aliphatic rings. The molecule has 1 aliphatic heterocycles. The third kappa shape index (κ3) is 3.72. The Hall–Kier alpha value is -2.51. The van der Waals surface area contributed by atoms with Crippen LogP contribution in [-0.2, 0) is 16.1 Å². The number of aromatic nitrogens is 1. The van der Waals surface area contributed by atoms with Crippen LogP contribution < -0.4 is 10.2 Å². The molecule has 3 heterocycles. The molecule has 0 spiro atoms. The fraction of sp³-hybridized carbons (Fsp3) is 0.286. The number of thiazole rings is 1. The third-order valence-electron chi connectivity index (χ3n) is 4.92. The molecule has 1 N–H and O–H groups in total. The van der Waals surface area contributed by atoms with Gasteiger partial charge in [-0.1, -0.05) is 23.8 Å². The third-order valence-corrected chi connectivity index (χ3v) is 6.68. The van der Waals surface area contributed by atoms with Gasteiger partial charge in [0.15, 0.2) is 0 Å². The summed E-state index contributed by atoms with van der Waals surface area (Å²) >= 11 is 3.14. The number of carbonyl (C=O) groups excluding carboxylic acids is 2. The van der Waals surface area contributed by atoms with E-state index in [9.17, 15) is 9.59 Å². The number of aryl methyl sites for hydroxylation is 2. The number of amides is 2. The minimum Gasteiger partial charge on any atom is -0.350 e. The summed E-state index contributed by atoms with van der Waals surface area (Å²) in [6.45, 7) is 4.34. The molecule has 2 atom stereocenters. The Morgan fingerprint density at radius 2 is 2.00 bits per heavy atom. The van der Waals surface area contributed by atoms with Gasteiger partial charge in [0, 0.05) is 22.4 Å². The maximum atomic E-state index is 13.0. The van der Waals surface area contributed by atoms with Crippen molar-refractivity contribution in [3.63, 3.8) is 0 Å². The number of benzene rings is 1. The lowest BCUT2D eigenvalue weighted by Crippen LogP contribution is -2.35. The lowest BCUT2D eigenvalue weighted by molar-refractivity contribution is -0.127. The maximum absolute atomic E-state index is 13.0. The first kappa shape index (κ1) is 18.8. The highest BCUT2D eigenvalue weighted by atomic mass is 32.1. The van der Waals surface area contributed by atoms with E-state index in [1.807, 2.05) is 61.0 Å². The topological polar surface area (TPSA) is 62.3 Å². The average molecular weight is 412 g/mol. The molecule has 3 aromatic rings. The zero-order chi connectivity index (χ0) is 19.7. The summed E-state index contributed by atoms with van der Waals surface area (Å²) in [7, 11) is 0. The van der Waals surface area contributed by atoms with Crippen molar-refractivity contribution in [1.82, 2.24) is 10.3 Å². The van der Waals surface area contributed by atoms with Crippen LogP contribution in [0.1, 0.15) is 33.6 Å². The molecule has 0 aliphatic carbocycles. The molecule has 28 heavy (non-hydrogen) atoms. The zero-order valence-corrected chi connectivity index (χ0v) is 17.3. The SMILES string of the molecule is Cc1ccc(N2C(=O)CC(C(=O)NCc3csc(C)n3)C2c2cccs2)cc1. The molecule has 144 valence electrons. The van der Waals surface area contributed by atoms with Gasteiger partial charge in [-0.2, -0.15) is 0 Å². The van der Waals surface area contributed by atoms with Crippen LogP contribution in [0.4, 0.5) is 5.69 Å². The second-order valence-electron chi connectivity index (χ2n) is 6.95. The van der Waals surface area contributed by atoms with Crippen LogP contribution in [0.3, 0.4) is 0 Å². The van der Waals surface area contributed by atoms with Gasteiger partial charge in [-0.25, -0.2) is 4.98 Å². The lowest BCUT2D eigenvalue weighted by Gasteiger charge is -2.27. The van der Waals surface area contributed by atoms with E-state index < -0.39 is 5.92 Å². The number of rotatable bonds is 5. The van der Waals surface area contributed by atoms with Gasteiger partial charge in [0.25, 0.3) is 0 Å². The summed E-state index contributed by atoms with van der Waals surface area (Å²) in [5.74, 6) is -0.550. The first-order valence-corrected chi connectivity index (χ1v) is 10.9. The molecule has 7 heteroatoms. The molecular formula is C21H21N3O2S2. The summed E-state index contributed by atoms with van der Waals surface area (Å²) in [6.07, 6.45) is 0.207. The van der Waals surface area contributed by atoms with E-state index in [0.717, 1.165) is 26.8 Å². The summed E-state index contributed by atoms with van der Waals surface area (Å²) in [5, 5.41) is 7.89. The van der Waals surface area contributed by atoms with Gasteiger partial charge in [0.1, 0.15) is 0 Å². The quantitative estimate of drug-likeness (QED) is 0.683. The van der Waals surface area contributed by atoms with Crippen molar-refractivity contribution >= 4 is 40.2 Å². The summed E-state index contributed by atoms with van der Waals surface area (Å²) in [6, 6.07) is 11.6. The lowest BCUT2D eigenvalue weighted by atomic mass is 9.97. The average Bonchev–Trinajstić information content (AvgIpc) is 3.40. The Morgan fingerprint density at radius 3 is 2.64 bits per heavy atom. The van der Waals surface area contributed by atoms with Gasteiger partial charge < -0.3 is 10.2 Å². The number of hydrogen-bond donors (Lipinski definition) is 1. The van der Waals surface area contributed by atoms with Gasteiger partial charge in [-0.3, -0.25) is 9.59 Å². The summed E-state index contributed by atoms with van der Waals surface area (Å²) < 4.78 is 0. The smallest absolute Gasteiger partial charge is 0.228 e. The van der Waals surface area contributed by atoms with Crippen LogP contribution in [-0.4, -0.2) is 16.8 Å². The minimum atomic E-state index is -0.424. The van der Waals surface area contributed by atoms with Crippen molar-refractivity contribution in [3.05, 3.63) is 68.3 Å². The first-order valence-electron chi connectivity index (χ1n) is 9.14. The van der Waals surface area contributed by atoms with Crippen LogP contribution in [0.2, 0.25) is 0 Å². The second-order valence-corrected chi connectivity index (χ2v) is 8.99. The van der Waals surface area contributed by atoms with Gasteiger partial charge >= 0.3 is 0 Å². The molecule has 0 bridgehead atoms. The minimum absolute atomic E-state index is 0.0214. The highest BCUT2D eigenvalue weighted by molar-refractivity contribution is 7.10. The molecule has 4 rings (SSSR count). The van der Waals surface area contributed by atoms with Crippen molar-refractivity contribution in [2.45, 2.75) is 32.9 Å². The fourth-order valence-corrected chi connectivity index (χ4v) is 5.06. The Kier molecular flexibility index (Phi) is 5.28. The first-order chi connectivity index (χ1) is 13.5. The summed E-state index contributed by atoms with van der Waals surface area (Å²) in [5.41, 5.74) is 2.82. The van der Waals surface area contributed by atoms with Gasteiger partial charge in [-0.05, 0) is 37.4 Å². The normalized spacial score (nSPS) is 19.2. The number of nitrogens with zero attached hydrogens (tertiary/aromatic N) is 2. The molecule has 2 unspecified atom stereocenters. The number of thiophene rings is 1. The van der Waals surface area contributed by atoms with E-state index in [4.69, 9.17) is 0 Å². The van der Waals surface area contributed by atoms with Crippen molar-refractivity contribution in [2.24, 2.45) is 5.92 Å². The summed E-state index contributed by atoms with van der Waals surface area (Å²) in [4.78, 5) is 33.1. The molecule has 1 aromatic carbocycles. The molecule has 2 aromatic heterocycles. The van der Waals surface area contributed by atoms with Crippen molar-refractivity contribution in [3.8, 4) is 0 Å². The largest absolute Gasteiger partial charge is 0.350 e. The van der Waals surface area contributed by atoms with E-state index in [1.165, 1.54) is 0 Å². The van der Waals surface area contributed by atoms with Crippen LogP contribution in [0, 0.1) is 19.8 Å². The highest BCUT2D eigenvalue weighted by Crippen LogP contribution is 2.43. The molecule has 0 saturated carbocycles.